The van der Waals surface area contributed by atoms with Crippen LogP contribution in [0.1, 0.15) is 18.1 Å². The maximum absolute atomic E-state index is 10.8. The van der Waals surface area contributed by atoms with Gasteiger partial charge in [-0.05, 0) is 49.2 Å². The second kappa shape index (κ2) is 7.34. The van der Waals surface area contributed by atoms with Crippen molar-refractivity contribution in [2.45, 2.75) is 20.3 Å². The molecule has 2 N–H and O–H groups in total. The van der Waals surface area contributed by atoms with E-state index in [1.54, 1.807) is 12.1 Å². The zero-order chi connectivity index (χ0) is 16.9. The van der Waals surface area contributed by atoms with Gasteiger partial charge in [0.1, 0.15) is 5.88 Å². The highest BCUT2D eigenvalue weighted by Gasteiger charge is 2.07. The summed E-state index contributed by atoms with van der Waals surface area (Å²) in [4.78, 5) is 0. The first-order chi connectivity index (χ1) is 10.9. The number of aryl methyl sites for hydroxylation is 2. The maximum Gasteiger partial charge on any atom is 0.283 e. The van der Waals surface area contributed by atoms with Crippen LogP contribution in [0.4, 0.5) is 17.1 Å². The van der Waals surface area contributed by atoms with Gasteiger partial charge in [-0.15, -0.1) is 0 Å². The van der Waals surface area contributed by atoms with Gasteiger partial charge in [0.15, 0.2) is 0 Å². The van der Waals surface area contributed by atoms with Crippen molar-refractivity contribution in [3.05, 3.63) is 53.6 Å². The number of nitrogens with zero attached hydrogens (tertiary/aromatic N) is 2. The Balaban J connectivity index is 2.16. The molecule has 7 heteroatoms. The van der Waals surface area contributed by atoms with E-state index in [0.29, 0.717) is 17.8 Å². The van der Waals surface area contributed by atoms with Crippen LogP contribution in [0.5, 0.6) is 0 Å². The molecule has 6 nitrogen and oxygen atoms in total. The Bertz CT molecular complexity index is 800. The Morgan fingerprint density at radius 3 is 2.26 bits per heavy atom. The molecule has 0 saturated carbocycles. The Morgan fingerprint density at radius 2 is 1.65 bits per heavy atom. The molecule has 23 heavy (non-hydrogen) atoms. The number of rotatable bonds is 6. The lowest BCUT2D eigenvalue weighted by Gasteiger charge is -2.10. The quantitative estimate of drug-likeness (QED) is 0.611. The van der Waals surface area contributed by atoms with Gasteiger partial charge in [0.05, 0.1) is 11.4 Å². The minimum Gasteiger partial charge on any atom is -0.369 e. The van der Waals surface area contributed by atoms with Crippen LogP contribution in [-0.2, 0) is 16.5 Å². The van der Waals surface area contributed by atoms with E-state index < -0.39 is 16.0 Å². The Labute approximate surface area is 136 Å². The first-order valence-electron chi connectivity index (χ1n) is 7.18. The molecule has 0 spiro atoms. The lowest BCUT2D eigenvalue weighted by atomic mass is 10.1. The maximum atomic E-state index is 10.8. The van der Waals surface area contributed by atoms with Gasteiger partial charge in [-0.2, -0.15) is 18.6 Å². The molecule has 2 aromatic rings. The first-order valence-corrected chi connectivity index (χ1v) is 8.78. The van der Waals surface area contributed by atoms with E-state index in [1.165, 1.54) is 0 Å². The van der Waals surface area contributed by atoms with Crippen molar-refractivity contribution < 1.29 is 13.0 Å². The minimum absolute atomic E-state index is 0.524. The molecule has 2 rings (SSSR count). The highest BCUT2D eigenvalue weighted by atomic mass is 32.2. The molecule has 2 aromatic carbocycles. The molecular formula is C16H19N3O3S. The van der Waals surface area contributed by atoms with E-state index in [-0.39, 0.29) is 0 Å². The fourth-order valence-corrected chi connectivity index (χ4v) is 2.34. The van der Waals surface area contributed by atoms with Crippen molar-refractivity contribution in [3.8, 4) is 0 Å². The molecule has 0 atom stereocenters. The lowest BCUT2D eigenvalue weighted by molar-refractivity contribution is 0.485. The predicted molar refractivity (Wildman–Crippen MR) is 91.2 cm³/mol. The third-order valence-electron chi connectivity index (χ3n) is 3.23. The van der Waals surface area contributed by atoms with Gasteiger partial charge in [-0.1, -0.05) is 24.6 Å². The van der Waals surface area contributed by atoms with Crippen molar-refractivity contribution in [2.75, 3.05) is 11.2 Å². The number of hydrogen-bond donors (Lipinski definition) is 2. The van der Waals surface area contributed by atoms with Crippen LogP contribution in [0.15, 0.2) is 52.7 Å². The number of hydrogen-bond acceptors (Lipinski definition) is 5. The second-order valence-corrected chi connectivity index (χ2v) is 6.59. The topological polar surface area (TPSA) is 91.1 Å². The molecule has 0 bridgehead atoms. The van der Waals surface area contributed by atoms with Crippen molar-refractivity contribution in [1.29, 1.82) is 0 Å². The minimum atomic E-state index is -4.06. The van der Waals surface area contributed by atoms with Gasteiger partial charge in [-0.3, -0.25) is 4.55 Å². The Morgan fingerprint density at radius 1 is 1.04 bits per heavy atom. The molecule has 0 aromatic heterocycles. The molecule has 0 aliphatic carbocycles. The first kappa shape index (κ1) is 17.1. The fraction of sp³-hybridized carbons (Fsp3) is 0.250. The fourth-order valence-electron chi connectivity index (χ4n) is 2.00. The predicted octanol–water partition coefficient (Wildman–Crippen LogP) is 4.23. The van der Waals surface area contributed by atoms with E-state index in [4.69, 9.17) is 4.55 Å². The zero-order valence-electron chi connectivity index (χ0n) is 13.0. The summed E-state index contributed by atoms with van der Waals surface area (Å²) in [5, 5.41) is 11.1. The van der Waals surface area contributed by atoms with Gasteiger partial charge >= 0.3 is 0 Å². The van der Waals surface area contributed by atoms with Crippen molar-refractivity contribution in [2.24, 2.45) is 10.2 Å². The summed E-state index contributed by atoms with van der Waals surface area (Å²) in [6.45, 7) is 3.96. The Hall–Kier alpha value is -2.25. The molecule has 0 radical (unpaired) electrons. The molecule has 0 aliphatic rings. The molecule has 0 aliphatic heterocycles. The summed E-state index contributed by atoms with van der Waals surface area (Å²) in [5.41, 5.74) is 4.15. The molecule has 0 heterocycles. The van der Waals surface area contributed by atoms with Gasteiger partial charge < -0.3 is 5.32 Å². The summed E-state index contributed by atoms with van der Waals surface area (Å²) in [5.74, 6) is -0.524. The Kier molecular flexibility index (Phi) is 5.46. The summed E-state index contributed by atoms with van der Waals surface area (Å²) in [6.07, 6.45) is 0.696. The zero-order valence-corrected chi connectivity index (χ0v) is 13.8. The number of azo groups is 1. The molecule has 0 saturated heterocycles. The average molecular weight is 333 g/mol. The van der Waals surface area contributed by atoms with Crippen molar-refractivity contribution in [1.82, 2.24) is 0 Å². The van der Waals surface area contributed by atoms with Crippen LogP contribution >= 0.6 is 0 Å². The second-order valence-electron chi connectivity index (χ2n) is 5.13. The van der Waals surface area contributed by atoms with Crippen LogP contribution in [0.3, 0.4) is 0 Å². The highest BCUT2D eigenvalue weighted by Crippen LogP contribution is 2.25. The van der Waals surface area contributed by atoms with Gasteiger partial charge in [0.2, 0.25) is 0 Å². The lowest BCUT2D eigenvalue weighted by Crippen LogP contribution is -2.13. The van der Waals surface area contributed by atoms with Crippen molar-refractivity contribution >= 4 is 27.2 Å². The SMILES string of the molecule is CCc1cc(N=Nc2ccc(C)cc2)ccc1NCS(=O)(=O)O. The number of benzene rings is 2. The van der Waals surface area contributed by atoms with Gasteiger partial charge in [-0.25, -0.2) is 0 Å². The van der Waals surface area contributed by atoms with Crippen LogP contribution in [0.25, 0.3) is 0 Å². The molecular weight excluding hydrogens is 314 g/mol. The third kappa shape index (κ3) is 5.46. The number of anilines is 1. The summed E-state index contributed by atoms with van der Waals surface area (Å²) in [6, 6.07) is 13.0. The summed E-state index contributed by atoms with van der Waals surface area (Å²) in [7, 11) is -4.06. The molecule has 122 valence electrons. The van der Waals surface area contributed by atoms with Gasteiger partial charge in [0, 0.05) is 5.69 Å². The van der Waals surface area contributed by atoms with Crippen LogP contribution in [0.2, 0.25) is 0 Å². The highest BCUT2D eigenvalue weighted by molar-refractivity contribution is 7.85. The number of nitrogens with one attached hydrogen (secondary N) is 1. The summed E-state index contributed by atoms with van der Waals surface area (Å²) >= 11 is 0. The van der Waals surface area contributed by atoms with E-state index in [1.807, 2.05) is 44.2 Å². The van der Waals surface area contributed by atoms with Crippen LogP contribution < -0.4 is 5.32 Å². The van der Waals surface area contributed by atoms with Gasteiger partial charge in [0.25, 0.3) is 10.1 Å². The van der Waals surface area contributed by atoms with Crippen LogP contribution in [-0.4, -0.2) is 18.8 Å². The molecule has 0 unspecified atom stereocenters. The summed E-state index contributed by atoms with van der Waals surface area (Å²) < 4.78 is 30.4. The van der Waals surface area contributed by atoms with E-state index in [0.717, 1.165) is 16.8 Å². The normalized spacial score (nSPS) is 11.8. The van der Waals surface area contributed by atoms with E-state index in [2.05, 4.69) is 15.5 Å². The molecule has 0 fully saturated rings. The largest absolute Gasteiger partial charge is 0.369 e. The smallest absolute Gasteiger partial charge is 0.283 e. The van der Waals surface area contributed by atoms with Crippen molar-refractivity contribution in [3.63, 3.8) is 0 Å². The monoisotopic (exact) mass is 333 g/mol. The standard InChI is InChI=1S/C16H19N3O3S/c1-3-13-10-15(8-9-16(13)17-11-23(20,21)22)19-18-14-6-4-12(2)5-7-14/h4-10,17H,3,11H2,1-2H3,(H,20,21,22). The van der Waals surface area contributed by atoms with Crippen LogP contribution in [0, 0.1) is 6.92 Å². The van der Waals surface area contributed by atoms with E-state index >= 15 is 0 Å². The third-order valence-corrected chi connectivity index (χ3v) is 3.74. The van der Waals surface area contributed by atoms with E-state index in [9.17, 15) is 8.42 Å². The average Bonchev–Trinajstić information content (AvgIpc) is 2.52. The molecule has 0 amide bonds.